The number of benzene rings is 2. The Morgan fingerprint density at radius 2 is 1.95 bits per heavy atom. The Bertz CT molecular complexity index is 936. The van der Waals surface area contributed by atoms with Crippen molar-refractivity contribution in [2.75, 3.05) is 5.32 Å². The van der Waals surface area contributed by atoms with E-state index in [0.717, 1.165) is 4.47 Å². The minimum absolute atomic E-state index is 0.0597. The van der Waals surface area contributed by atoms with Crippen LogP contribution in [0, 0.1) is 0 Å². The Balaban J connectivity index is 1.99. The molecule has 0 fully saturated rings. The number of hydrogen-bond donors (Lipinski definition) is 1. The maximum Gasteiger partial charge on any atom is 0.291 e. The van der Waals surface area contributed by atoms with Crippen molar-refractivity contribution in [2.45, 2.75) is 0 Å². The molecular weight excluding hydrogens is 370 g/mol. The Morgan fingerprint density at radius 3 is 2.73 bits per heavy atom. The summed E-state index contributed by atoms with van der Waals surface area (Å²) in [4.78, 5) is 24.3. The molecule has 4 nitrogen and oxygen atoms in total. The lowest BCUT2D eigenvalue weighted by atomic mass is 10.2. The van der Waals surface area contributed by atoms with Crippen LogP contribution in [0.1, 0.15) is 10.6 Å². The summed E-state index contributed by atoms with van der Waals surface area (Å²) in [6.45, 7) is 0. The lowest BCUT2D eigenvalue weighted by molar-refractivity contribution is 0.0997. The van der Waals surface area contributed by atoms with Gasteiger partial charge in [0, 0.05) is 21.2 Å². The fourth-order valence-electron chi connectivity index (χ4n) is 2.00. The summed E-state index contributed by atoms with van der Waals surface area (Å²) >= 11 is 9.17. The highest BCUT2D eigenvalue weighted by Gasteiger charge is 2.13. The first-order chi connectivity index (χ1) is 10.5. The summed E-state index contributed by atoms with van der Waals surface area (Å²) in [5, 5.41) is 3.56. The molecule has 22 heavy (non-hydrogen) atoms. The number of carbonyl (C=O) groups is 1. The molecule has 1 aromatic heterocycles. The largest absolute Gasteiger partial charge is 0.451 e. The van der Waals surface area contributed by atoms with Gasteiger partial charge in [-0.2, -0.15) is 0 Å². The van der Waals surface area contributed by atoms with Gasteiger partial charge in [0.05, 0.1) is 5.39 Å². The second kappa shape index (κ2) is 5.94. The van der Waals surface area contributed by atoms with Crippen LogP contribution in [0.3, 0.4) is 0 Å². The summed E-state index contributed by atoms with van der Waals surface area (Å²) in [5.74, 6) is -0.572. The van der Waals surface area contributed by atoms with Gasteiger partial charge in [-0.05, 0) is 36.4 Å². The van der Waals surface area contributed by atoms with Crippen LogP contribution < -0.4 is 10.7 Å². The van der Waals surface area contributed by atoms with E-state index >= 15 is 0 Å². The summed E-state index contributed by atoms with van der Waals surface area (Å²) in [7, 11) is 0. The van der Waals surface area contributed by atoms with Crippen LogP contribution >= 0.6 is 27.5 Å². The van der Waals surface area contributed by atoms with Crippen LogP contribution in [0.15, 0.2) is 62.2 Å². The standard InChI is InChI=1S/C16H9BrClNO3/c17-9-4-5-12-13(20)8-15(22-14(12)6-9)16(21)19-11-3-1-2-10(18)7-11/h1-8H,(H,19,21). The van der Waals surface area contributed by atoms with Crippen molar-refractivity contribution in [3.63, 3.8) is 0 Å². The van der Waals surface area contributed by atoms with Gasteiger partial charge in [0.1, 0.15) is 5.58 Å². The van der Waals surface area contributed by atoms with Gasteiger partial charge in [-0.15, -0.1) is 0 Å². The first-order valence-electron chi connectivity index (χ1n) is 6.33. The Hall–Kier alpha value is -2.11. The molecule has 0 saturated heterocycles. The van der Waals surface area contributed by atoms with Gasteiger partial charge in [0.2, 0.25) is 0 Å². The fourth-order valence-corrected chi connectivity index (χ4v) is 2.53. The van der Waals surface area contributed by atoms with Crippen LogP contribution in [-0.2, 0) is 0 Å². The molecule has 0 radical (unpaired) electrons. The van der Waals surface area contributed by atoms with Crippen LogP contribution in [0.2, 0.25) is 5.02 Å². The molecule has 0 aliphatic rings. The second-order valence-electron chi connectivity index (χ2n) is 4.58. The van der Waals surface area contributed by atoms with Crippen LogP contribution in [0.4, 0.5) is 5.69 Å². The number of rotatable bonds is 2. The number of anilines is 1. The van der Waals surface area contributed by atoms with Gasteiger partial charge in [-0.3, -0.25) is 9.59 Å². The molecule has 2 aromatic carbocycles. The van der Waals surface area contributed by atoms with E-state index in [0.29, 0.717) is 21.7 Å². The highest BCUT2D eigenvalue weighted by Crippen LogP contribution is 2.20. The van der Waals surface area contributed by atoms with Crippen molar-refractivity contribution in [3.05, 3.63) is 74.0 Å². The zero-order valence-corrected chi connectivity index (χ0v) is 13.4. The SMILES string of the molecule is O=C(Nc1cccc(Cl)c1)c1cc(=O)c2ccc(Br)cc2o1. The van der Waals surface area contributed by atoms with Crippen LogP contribution in [0.25, 0.3) is 11.0 Å². The molecule has 110 valence electrons. The zero-order chi connectivity index (χ0) is 15.7. The van der Waals surface area contributed by atoms with E-state index in [2.05, 4.69) is 21.2 Å². The minimum Gasteiger partial charge on any atom is -0.451 e. The molecule has 0 aliphatic carbocycles. The molecule has 0 bridgehead atoms. The van der Waals surface area contributed by atoms with Crippen molar-refractivity contribution in [3.8, 4) is 0 Å². The van der Waals surface area contributed by atoms with Gasteiger partial charge in [0.25, 0.3) is 5.91 Å². The molecule has 0 aliphatic heterocycles. The third-order valence-corrected chi connectivity index (χ3v) is 3.73. The molecule has 1 N–H and O–H groups in total. The number of fused-ring (bicyclic) bond motifs is 1. The minimum atomic E-state index is -0.513. The quantitative estimate of drug-likeness (QED) is 0.716. The van der Waals surface area contributed by atoms with E-state index in [9.17, 15) is 9.59 Å². The fraction of sp³-hybridized carbons (Fsp3) is 0. The molecule has 0 atom stereocenters. The van der Waals surface area contributed by atoms with E-state index in [1.54, 1.807) is 42.5 Å². The molecule has 0 saturated carbocycles. The van der Waals surface area contributed by atoms with E-state index in [1.165, 1.54) is 6.07 Å². The molecule has 1 amide bonds. The molecule has 3 aromatic rings. The molecular formula is C16H9BrClNO3. The average Bonchev–Trinajstić information content (AvgIpc) is 2.46. The summed E-state index contributed by atoms with van der Waals surface area (Å²) in [6, 6.07) is 12.9. The van der Waals surface area contributed by atoms with Crippen molar-refractivity contribution in [2.24, 2.45) is 0 Å². The highest BCUT2D eigenvalue weighted by molar-refractivity contribution is 9.10. The Morgan fingerprint density at radius 1 is 1.14 bits per heavy atom. The smallest absolute Gasteiger partial charge is 0.291 e. The molecule has 3 rings (SSSR count). The van der Waals surface area contributed by atoms with Crippen molar-refractivity contribution in [1.82, 2.24) is 0 Å². The molecule has 0 unspecified atom stereocenters. The third kappa shape index (κ3) is 3.05. The normalized spacial score (nSPS) is 10.6. The maximum atomic E-state index is 12.2. The van der Waals surface area contributed by atoms with E-state index in [1.807, 2.05) is 0 Å². The van der Waals surface area contributed by atoms with Crippen molar-refractivity contribution < 1.29 is 9.21 Å². The first-order valence-corrected chi connectivity index (χ1v) is 7.50. The van der Waals surface area contributed by atoms with E-state index in [-0.39, 0.29) is 11.2 Å². The highest BCUT2D eigenvalue weighted by atomic mass is 79.9. The van der Waals surface area contributed by atoms with Crippen LogP contribution in [0.5, 0.6) is 0 Å². The zero-order valence-electron chi connectivity index (χ0n) is 11.1. The average molecular weight is 379 g/mol. The predicted molar refractivity (Wildman–Crippen MR) is 89.6 cm³/mol. The van der Waals surface area contributed by atoms with Crippen LogP contribution in [-0.4, -0.2) is 5.91 Å². The summed E-state index contributed by atoms with van der Waals surface area (Å²) in [6.07, 6.45) is 0. The lowest BCUT2D eigenvalue weighted by Gasteiger charge is -2.06. The van der Waals surface area contributed by atoms with Gasteiger partial charge >= 0.3 is 0 Å². The van der Waals surface area contributed by atoms with Gasteiger partial charge in [0.15, 0.2) is 11.2 Å². The van der Waals surface area contributed by atoms with Gasteiger partial charge < -0.3 is 9.73 Å². The number of hydrogen-bond acceptors (Lipinski definition) is 3. The van der Waals surface area contributed by atoms with Gasteiger partial charge in [-0.1, -0.05) is 33.6 Å². The lowest BCUT2D eigenvalue weighted by Crippen LogP contribution is -2.14. The Labute approximate surface area is 138 Å². The number of halogens is 2. The van der Waals surface area contributed by atoms with Crippen molar-refractivity contribution in [1.29, 1.82) is 0 Å². The van der Waals surface area contributed by atoms with Crippen molar-refractivity contribution >= 4 is 50.1 Å². The number of carbonyl (C=O) groups excluding carboxylic acids is 1. The van der Waals surface area contributed by atoms with E-state index in [4.69, 9.17) is 16.0 Å². The molecule has 0 spiro atoms. The predicted octanol–water partition coefficient (Wildman–Crippen LogP) is 4.46. The summed E-state index contributed by atoms with van der Waals surface area (Å²) < 4.78 is 6.27. The number of nitrogens with one attached hydrogen (secondary N) is 1. The van der Waals surface area contributed by atoms with Gasteiger partial charge in [-0.25, -0.2) is 0 Å². The summed E-state index contributed by atoms with van der Waals surface area (Å²) in [5.41, 5.74) is 0.595. The topological polar surface area (TPSA) is 59.3 Å². The molecule has 6 heteroatoms. The Kier molecular flexibility index (Phi) is 4.00. The van der Waals surface area contributed by atoms with E-state index < -0.39 is 5.91 Å². The first kappa shape index (κ1) is 14.8. The third-order valence-electron chi connectivity index (χ3n) is 3.00. The molecule has 1 heterocycles. The second-order valence-corrected chi connectivity index (χ2v) is 5.93. The number of amides is 1. The monoisotopic (exact) mass is 377 g/mol. The maximum absolute atomic E-state index is 12.2.